The molecule has 6 heteroatoms. The lowest BCUT2D eigenvalue weighted by molar-refractivity contribution is 0.0684. The first-order chi connectivity index (χ1) is 12.1. The molecule has 0 heterocycles. The molecule has 6 nitrogen and oxygen atoms in total. The summed E-state index contributed by atoms with van der Waals surface area (Å²) in [4.78, 5) is 23.8. The lowest BCUT2D eigenvalue weighted by Gasteiger charge is -2.21. The molecular formula is C20H22O6. The van der Waals surface area contributed by atoms with Crippen molar-refractivity contribution in [1.82, 2.24) is 0 Å². The highest BCUT2D eigenvalue weighted by Crippen LogP contribution is 2.42. The number of rotatable bonds is 5. The van der Waals surface area contributed by atoms with E-state index in [9.17, 15) is 19.8 Å². The first-order valence-electron chi connectivity index (χ1n) is 7.98. The number of carboxylic acid groups (broad SMARTS) is 2. The molecule has 0 amide bonds. The predicted molar refractivity (Wildman–Crippen MR) is 97.8 cm³/mol. The molecule has 0 aliphatic heterocycles. The Kier molecular flexibility index (Phi) is 5.25. The summed E-state index contributed by atoms with van der Waals surface area (Å²) in [6.07, 6.45) is 0. The van der Waals surface area contributed by atoms with E-state index in [-0.39, 0.29) is 11.1 Å². The molecule has 0 saturated heterocycles. The average molecular weight is 358 g/mol. The van der Waals surface area contributed by atoms with Crippen LogP contribution in [0.25, 0.3) is 11.1 Å². The second-order valence-electron chi connectivity index (χ2n) is 6.16. The third kappa shape index (κ3) is 2.98. The van der Waals surface area contributed by atoms with Gasteiger partial charge in [-0.25, -0.2) is 9.59 Å². The number of methoxy groups -OCH3 is 2. The Bertz CT molecular complexity index is 836. The quantitative estimate of drug-likeness (QED) is 0.839. The first kappa shape index (κ1) is 19.3. The molecule has 0 bridgehead atoms. The number of carbonyl (C=O) groups is 2. The number of carboxylic acids is 2. The summed E-state index contributed by atoms with van der Waals surface area (Å²) >= 11 is 0. The molecule has 0 aliphatic rings. The average Bonchev–Trinajstić information content (AvgIpc) is 2.55. The van der Waals surface area contributed by atoms with Crippen molar-refractivity contribution in [3.8, 4) is 22.6 Å². The highest BCUT2D eigenvalue weighted by Gasteiger charge is 2.27. The number of hydrogen-bond donors (Lipinski definition) is 2. The fourth-order valence-corrected chi connectivity index (χ4v) is 3.54. The van der Waals surface area contributed by atoms with Crippen LogP contribution >= 0.6 is 0 Å². The highest BCUT2D eigenvalue weighted by molar-refractivity contribution is 6.05. The fourth-order valence-electron chi connectivity index (χ4n) is 3.54. The van der Waals surface area contributed by atoms with Gasteiger partial charge in [-0.1, -0.05) is 0 Å². The smallest absolute Gasteiger partial charge is 0.336 e. The second-order valence-corrected chi connectivity index (χ2v) is 6.16. The molecule has 26 heavy (non-hydrogen) atoms. The first-order valence-corrected chi connectivity index (χ1v) is 7.98. The van der Waals surface area contributed by atoms with Gasteiger partial charge in [-0.3, -0.25) is 0 Å². The lowest BCUT2D eigenvalue weighted by atomic mass is 9.85. The Labute approximate surface area is 152 Å². The summed E-state index contributed by atoms with van der Waals surface area (Å²) in [7, 11) is 3.00. The van der Waals surface area contributed by atoms with Gasteiger partial charge in [0.1, 0.15) is 11.5 Å². The van der Waals surface area contributed by atoms with E-state index in [1.807, 2.05) is 0 Å². The minimum atomic E-state index is -1.14. The maximum absolute atomic E-state index is 11.9. The van der Waals surface area contributed by atoms with Crippen molar-refractivity contribution in [1.29, 1.82) is 0 Å². The van der Waals surface area contributed by atoms with E-state index in [1.165, 1.54) is 26.4 Å². The second kappa shape index (κ2) is 7.07. The van der Waals surface area contributed by atoms with Crippen molar-refractivity contribution < 1.29 is 29.3 Å². The molecule has 0 unspecified atom stereocenters. The van der Waals surface area contributed by atoms with Crippen molar-refractivity contribution in [3.05, 3.63) is 45.5 Å². The van der Waals surface area contributed by atoms with Crippen LogP contribution in [0.15, 0.2) is 12.1 Å². The molecule has 2 aromatic carbocycles. The summed E-state index contributed by atoms with van der Waals surface area (Å²) in [6.45, 7) is 6.96. The monoisotopic (exact) mass is 358 g/mol. The van der Waals surface area contributed by atoms with Gasteiger partial charge in [-0.2, -0.15) is 0 Å². The van der Waals surface area contributed by atoms with E-state index in [2.05, 4.69) is 0 Å². The van der Waals surface area contributed by atoms with Crippen LogP contribution in [-0.2, 0) is 0 Å². The largest absolute Gasteiger partial charge is 0.496 e. The van der Waals surface area contributed by atoms with Crippen LogP contribution in [0.2, 0.25) is 0 Å². The van der Waals surface area contributed by atoms with Crippen molar-refractivity contribution >= 4 is 11.9 Å². The minimum Gasteiger partial charge on any atom is -0.496 e. The Morgan fingerprint density at radius 3 is 1.27 bits per heavy atom. The van der Waals surface area contributed by atoms with E-state index >= 15 is 0 Å². The van der Waals surface area contributed by atoms with Gasteiger partial charge in [-0.05, 0) is 51.0 Å². The molecule has 0 aliphatic carbocycles. The molecule has 0 spiro atoms. The number of benzene rings is 2. The van der Waals surface area contributed by atoms with Crippen molar-refractivity contribution in [2.75, 3.05) is 14.2 Å². The van der Waals surface area contributed by atoms with Crippen molar-refractivity contribution in [3.63, 3.8) is 0 Å². The van der Waals surface area contributed by atoms with Gasteiger partial charge in [0.2, 0.25) is 0 Å². The van der Waals surface area contributed by atoms with Crippen LogP contribution in [0.1, 0.15) is 43.0 Å². The molecule has 0 atom stereocenters. The summed E-state index contributed by atoms with van der Waals surface area (Å²) in [6, 6.07) is 3.00. The van der Waals surface area contributed by atoms with Crippen LogP contribution in [-0.4, -0.2) is 36.4 Å². The van der Waals surface area contributed by atoms with Crippen LogP contribution in [0.4, 0.5) is 0 Å². The third-order valence-electron chi connectivity index (χ3n) is 4.53. The highest BCUT2D eigenvalue weighted by atomic mass is 16.5. The molecule has 0 saturated carbocycles. The van der Waals surface area contributed by atoms with Gasteiger partial charge in [0.25, 0.3) is 0 Å². The molecule has 138 valence electrons. The van der Waals surface area contributed by atoms with E-state index in [0.717, 1.165) is 0 Å². The predicted octanol–water partition coefficient (Wildman–Crippen LogP) is 4.00. The van der Waals surface area contributed by atoms with Gasteiger partial charge in [0.05, 0.1) is 25.3 Å². The normalized spacial score (nSPS) is 10.5. The van der Waals surface area contributed by atoms with E-state index in [0.29, 0.717) is 44.9 Å². The van der Waals surface area contributed by atoms with Gasteiger partial charge in [0.15, 0.2) is 0 Å². The molecule has 0 aromatic heterocycles. The van der Waals surface area contributed by atoms with Crippen LogP contribution in [0, 0.1) is 27.7 Å². The summed E-state index contributed by atoms with van der Waals surface area (Å²) in [5, 5.41) is 19.4. The Morgan fingerprint density at radius 1 is 0.731 bits per heavy atom. The van der Waals surface area contributed by atoms with Gasteiger partial charge in [-0.15, -0.1) is 0 Å². The summed E-state index contributed by atoms with van der Waals surface area (Å²) < 4.78 is 10.8. The zero-order valence-electron chi connectivity index (χ0n) is 15.7. The summed E-state index contributed by atoms with van der Waals surface area (Å²) in [5.74, 6) is -1.21. The zero-order chi connectivity index (χ0) is 19.8. The fraction of sp³-hybridized carbons (Fsp3) is 0.300. The number of aryl methyl sites for hydroxylation is 2. The minimum absolute atomic E-state index is 0.0253. The van der Waals surface area contributed by atoms with E-state index in [4.69, 9.17) is 9.47 Å². The number of aromatic carboxylic acids is 2. The SMILES string of the molecule is COc1c(C)cc(C(=O)O)c(-c2c(C(=O)O)cc(C)c(OC)c2C)c1C. The van der Waals surface area contributed by atoms with E-state index in [1.54, 1.807) is 27.7 Å². The Balaban J connectivity index is 3.09. The molecule has 2 aromatic rings. The summed E-state index contributed by atoms with van der Waals surface area (Å²) in [5.41, 5.74) is 3.18. The van der Waals surface area contributed by atoms with E-state index < -0.39 is 11.9 Å². The van der Waals surface area contributed by atoms with Crippen molar-refractivity contribution in [2.24, 2.45) is 0 Å². The van der Waals surface area contributed by atoms with Crippen LogP contribution < -0.4 is 9.47 Å². The molecular weight excluding hydrogens is 336 g/mol. The third-order valence-corrected chi connectivity index (χ3v) is 4.53. The number of hydrogen-bond acceptors (Lipinski definition) is 4. The molecule has 0 radical (unpaired) electrons. The lowest BCUT2D eigenvalue weighted by Crippen LogP contribution is -2.10. The molecule has 2 rings (SSSR count). The molecule has 2 N–H and O–H groups in total. The van der Waals surface area contributed by atoms with Crippen LogP contribution in [0.5, 0.6) is 11.5 Å². The topological polar surface area (TPSA) is 93.1 Å². The van der Waals surface area contributed by atoms with Gasteiger partial charge in [0, 0.05) is 22.3 Å². The van der Waals surface area contributed by atoms with Crippen LogP contribution in [0.3, 0.4) is 0 Å². The number of ether oxygens (including phenoxy) is 2. The van der Waals surface area contributed by atoms with Crippen molar-refractivity contribution in [2.45, 2.75) is 27.7 Å². The van der Waals surface area contributed by atoms with Gasteiger partial charge < -0.3 is 19.7 Å². The van der Waals surface area contributed by atoms with Gasteiger partial charge >= 0.3 is 11.9 Å². The Morgan fingerprint density at radius 2 is 1.04 bits per heavy atom. The zero-order valence-corrected chi connectivity index (χ0v) is 15.7. The maximum atomic E-state index is 11.9. The standard InChI is InChI=1S/C20H22O6/c1-9-7-13(19(21)22)15(11(3)17(9)25-5)16-12(4)18(26-6)10(2)8-14(16)20(23)24/h7-8H,1-6H3,(H,21,22)(H,23,24). The maximum Gasteiger partial charge on any atom is 0.336 e. The molecule has 0 fully saturated rings. The Hall–Kier alpha value is -3.02.